The van der Waals surface area contributed by atoms with Crippen LogP contribution in [0.15, 0.2) is 22.3 Å². The van der Waals surface area contributed by atoms with Crippen LogP contribution in [-0.4, -0.2) is 63.9 Å². The molecular formula is C21H24N4O3S3. The Balaban J connectivity index is 1.33. The van der Waals surface area contributed by atoms with Crippen LogP contribution in [-0.2, 0) is 16.1 Å². The van der Waals surface area contributed by atoms with E-state index < -0.39 is 0 Å². The summed E-state index contributed by atoms with van der Waals surface area (Å²) < 4.78 is 5.61. The van der Waals surface area contributed by atoms with Crippen molar-refractivity contribution in [3.63, 3.8) is 0 Å². The van der Waals surface area contributed by atoms with Crippen LogP contribution < -0.4 is 0 Å². The zero-order chi connectivity index (χ0) is 22.0. The van der Waals surface area contributed by atoms with Gasteiger partial charge in [0.25, 0.3) is 5.91 Å². The van der Waals surface area contributed by atoms with Crippen LogP contribution in [0.2, 0.25) is 0 Å². The Bertz CT molecular complexity index is 1060. The minimum Gasteiger partial charge on any atom is -0.366 e. The van der Waals surface area contributed by atoms with Gasteiger partial charge in [0.05, 0.1) is 28.4 Å². The highest BCUT2D eigenvalue weighted by Gasteiger charge is 2.31. The van der Waals surface area contributed by atoms with Gasteiger partial charge in [0, 0.05) is 36.6 Å². The zero-order valence-electron chi connectivity index (χ0n) is 17.7. The lowest BCUT2D eigenvalue weighted by Gasteiger charge is -2.39. The van der Waals surface area contributed by atoms with Gasteiger partial charge in [0.15, 0.2) is 0 Å². The lowest BCUT2D eigenvalue weighted by molar-refractivity contribution is -0.140. The minimum absolute atomic E-state index is 0.00708. The normalized spacial score (nSPS) is 16.7. The van der Waals surface area contributed by atoms with Crippen LogP contribution >= 0.6 is 34.0 Å². The summed E-state index contributed by atoms with van der Waals surface area (Å²) in [6.45, 7) is 7.73. The second-order valence-electron chi connectivity index (χ2n) is 7.49. The smallest absolute Gasteiger partial charge is 0.266 e. The van der Waals surface area contributed by atoms with Gasteiger partial charge in [-0.15, -0.1) is 22.7 Å². The maximum Gasteiger partial charge on any atom is 0.266 e. The number of carbonyl (C=O) groups excluding carboxylic acids is 2. The van der Waals surface area contributed by atoms with E-state index in [4.69, 9.17) is 4.74 Å². The van der Waals surface area contributed by atoms with Crippen molar-refractivity contribution in [2.75, 3.05) is 26.2 Å². The Kier molecular flexibility index (Phi) is 6.80. The van der Waals surface area contributed by atoms with Crippen molar-refractivity contribution in [1.82, 2.24) is 19.8 Å². The van der Waals surface area contributed by atoms with Gasteiger partial charge >= 0.3 is 0 Å². The van der Waals surface area contributed by atoms with Crippen LogP contribution in [0.5, 0.6) is 0 Å². The molecule has 0 radical (unpaired) electrons. The van der Waals surface area contributed by atoms with Crippen molar-refractivity contribution < 1.29 is 14.3 Å². The Labute approximate surface area is 193 Å². The molecule has 4 heterocycles. The first-order valence-electron chi connectivity index (χ1n) is 9.99. The maximum atomic E-state index is 13.1. The molecule has 164 valence electrons. The second-order valence-corrected chi connectivity index (χ2v) is 10.2. The van der Waals surface area contributed by atoms with E-state index in [9.17, 15) is 9.59 Å². The van der Waals surface area contributed by atoms with E-state index in [2.05, 4.69) is 9.97 Å². The molecule has 31 heavy (non-hydrogen) atoms. The monoisotopic (exact) mass is 476 g/mol. The number of rotatable bonds is 6. The number of nitrogens with zero attached hydrogens (tertiary/aromatic N) is 4. The van der Waals surface area contributed by atoms with Crippen molar-refractivity contribution >= 4 is 45.8 Å². The molecule has 2 amide bonds. The van der Waals surface area contributed by atoms with E-state index in [1.807, 2.05) is 42.5 Å². The molecule has 0 aromatic carbocycles. The molecule has 3 aromatic rings. The van der Waals surface area contributed by atoms with Gasteiger partial charge in [-0.1, -0.05) is 0 Å². The molecule has 0 bridgehead atoms. The second kappa shape index (κ2) is 9.56. The molecule has 1 atom stereocenters. The van der Waals surface area contributed by atoms with E-state index >= 15 is 0 Å². The fourth-order valence-electron chi connectivity index (χ4n) is 3.54. The molecule has 0 spiro atoms. The lowest BCUT2D eigenvalue weighted by atomic mass is 10.1. The van der Waals surface area contributed by atoms with Crippen LogP contribution in [0.25, 0.3) is 10.6 Å². The first-order chi connectivity index (χ1) is 14.9. The van der Waals surface area contributed by atoms with Crippen molar-refractivity contribution in [1.29, 1.82) is 0 Å². The molecular weight excluding hydrogens is 452 g/mol. The van der Waals surface area contributed by atoms with Crippen LogP contribution in [0.1, 0.15) is 32.9 Å². The Morgan fingerprint density at radius 1 is 1.26 bits per heavy atom. The number of aromatic nitrogens is 2. The van der Waals surface area contributed by atoms with E-state index in [0.717, 1.165) is 26.8 Å². The third-order valence-electron chi connectivity index (χ3n) is 5.30. The number of thiazole rings is 2. The van der Waals surface area contributed by atoms with Gasteiger partial charge in [-0.3, -0.25) is 9.59 Å². The maximum absolute atomic E-state index is 13.1. The number of hydrogen-bond acceptors (Lipinski definition) is 8. The highest BCUT2D eigenvalue weighted by Crippen LogP contribution is 2.30. The fraction of sp³-hybridized carbons (Fsp3) is 0.429. The number of piperazine rings is 1. The average molecular weight is 477 g/mol. The SMILES string of the molecule is Cc1ncsc1COCC(=O)N1CCN(C(=O)c2sc(-c3ccsc3)nc2C)CC1C. The van der Waals surface area contributed by atoms with Crippen LogP contribution in [0, 0.1) is 13.8 Å². The first-order valence-corrected chi connectivity index (χ1v) is 12.6. The average Bonchev–Trinajstić information content (AvgIpc) is 3.49. The fourth-order valence-corrected chi connectivity index (χ4v) is 6.00. The van der Waals surface area contributed by atoms with Crippen LogP contribution in [0.4, 0.5) is 0 Å². The molecule has 3 aromatic heterocycles. The largest absolute Gasteiger partial charge is 0.366 e. The van der Waals surface area contributed by atoms with Crippen molar-refractivity contribution in [3.8, 4) is 10.6 Å². The summed E-state index contributed by atoms with van der Waals surface area (Å²) in [5.41, 5.74) is 4.53. The summed E-state index contributed by atoms with van der Waals surface area (Å²) in [6.07, 6.45) is 0. The molecule has 4 rings (SSSR count). The predicted molar refractivity (Wildman–Crippen MR) is 124 cm³/mol. The van der Waals surface area contributed by atoms with Gasteiger partial charge in [-0.25, -0.2) is 9.97 Å². The van der Waals surface area contributed by atoms with Crippen LogP contribution in [0.3, 0.4) is 0 Å². The van der Waals surface area contributed by atoms with E-state index in [0.29, 0.717) is 31.1 Å². The molecule has 1 aliphatic rings. The van der Waals surface area contributed by atoms with Crippen molar-refractivity contribution in [2.45, 2.75) is 33.4 Å². The third-order valence-corrected chi connectivity index (χ3v) is 8.08. The van der Waals surface area contributed by atoms with Crippen molar-refractivity contribution in [3.05, 3.63) is 43.5 Å². The number of amides is 2. The Hall–Kier alpha value is -2.14. The summed E-state index contributed by atoms with van der Waals surface area (Å²) >= 11 is 4.59. The van der Waals surface area contributed by atoms with E-state index in [1.54, 1.807) is 21.7 Å². The first kappa shape index (κ1) is 22.1. The molecule has 1 unspecified atom stereocenters. The van der Waals surface area contributed by atoms with Gasteiger partial charge in [0.2, 0.25) is 5.91 Å². The number of carbonyl (C=O) groups is 2. The summed E-state index contributed by atoms with van der Waals surface area (Å²) in [7, 11) is 0. The molecule has 1 saturated heterocycles. The molecule has 0 N–H and O–H groups in total. The minimum atomic E-state index is -0.0662. The molecule has 0 saturated carbocycles. The van der Waals surface area contributed by atoms with Gasteiger partial charge in [0.1, 0.15) is 16.5 Å². The summed E-state index contributed by atoms with van der Waals surface area (Å²) in [4.78, 5) is 39.9. The molecule has 10 heteroatoms. The highest BCUT2D eigenvalue weighted by molar-refractivity contribution is 7.17. The van der Waals surface area contributed by atoms with Crippen molar-refractivity contribution in [2.24, 2.45) is 0 Å². The van der Waals surface area contributed by atoms with E-state index in [-0.39, 0.29) is 24.5 Å². The topological polar surface area (TPSA) is 75.6 Å². The Morgan fingerprint density at radius 2 is 2.10 bits per heavy atom. The Morgan fingerprint density at radius 3 is 2.77 bits per heavy atom. The zero-order valence-corrected chi connectivity index (χ0v) is 20.1. The molecule has 1 aliphatic heterocycles. The van der Waals surface area contributed by atoms with Gasteiger partial charge < -0.3 is 14.5 Å². The third kappa shape index (κ3) is 4.87. The predicted octanol–water partition coefficient (Wildman–Crippen LogP) is 3.83. The van der Waals surface area contributed by atoms with Gasteiger partial charge in [-0.05, 0) is 32.2 Å². The summed E-state index contributed by atoms with van der Waals surface area (Å²) in [5, 5.41) is 4.92. The number of aryl methyl sites for hydroxylation is 2. The number of thiophene rings is 1. The quantitative estimate of drug-likeness (QED) is 0.540. The van der Waals surface area contributed by atoms with Gasteiger partial charge in [-0.2, -0.15) is 11.3 Å². The molecule has 0 aliphatic carbocycles. The summed E-state index contributed by atoms with van der Waals surface area (Å²) in [6, 6.07) is 1.95. The molecule has 7 nitrogen and oxygen atoms in total. The number of hydrogen-bond donors (Lipinski definition) is 0. The van der Waals surface area contributed by atoms with E-state index in [1.165, 1.54) is 22.7 Å². The summed E-state index contributed by atoms with van der Waals surface area (Å²) in [5.74, 6) is -0.0529. The number of ether oxygens (including phenoxy) is 1. The standard InChI is InChI=1S/C21H24N4O3S3/c1-13-8-24(21(27)19-15(3)23-20(31-19)16-4-7-29-11-16)5-6-25(13)18(26)10-28-9-17-14(2)22-12-30-17/h4,7,11-13H,5-6,8-10H2,1-3H3. The lowest BCUT2D eigenvalue weighted by Crippen LogP contribution is -2.56. The molecule has 1 fully saturated rings. The highest BCUT2D eigenvalue weighted by atomic mass is 32.1.